The summed E-state index contributed by atoms with van der Waals surface area (Å²) < 4.78 is 0. The van der Waals surface area contributed by atoms with Gasteiger partial charge in [0.25, 0.3) is 0 Å². The number of nitrogens with two attached hydrogens (primary N) is 1. The number of rotatable bonds is 9. The topological polar surface area (TPSA) is 26.0 Å². The summed E-state index contributed by atoms with van der Waals surface area (Å²) in [5.41, 5.74) is 8.88. The first-order chi connectivity index (χ1) is 14.7. The lowest BCUT2D eigenvalue weighted by atomic mass is 9.97. The van der Waals surface area contributed by atoms with Crippen molar-refractivity contribution in [3.05, 3.63) is 138 Å². The zero-order valence-electron chi connectivity index (χ0n) is 17.7. The van der Waals surface area contributed by atoms with E-state index in [1.54, 1.807) is 0 Å². The average molecular weight is 394 g/mol. The zero-order chi connectivity index (χ0) is 21.6. The Hall–Kier alpha value is -3.58. The minimum atomic E-state index is 0.131. The Bertz CT molecular complexity index is 1060. The van der Waals surface area contributed by atoms with Crippen LogP contribution in [0.15, 0.2) is 122 Å². The third kappa shape index (κ3) is 7.44. The first-order valence-electron chi connectivity index (χ1n) is 10.2. The fourth-order valence-electron chi connectivity index (χ4n) is 2.98. The van der Waals surface area contributed by atoms with Gasteiger partial charge in [-0.15, -0.1) is 6.58 Å². The van der Waals surface area contributed by atoms with Crippen LogP contribution in [-0.4, -0.2) is 0 Å². The molecule has 0 saturated carbocycles. The standard InChI is InChI=1S/C29H31N/c1-4-7-9-14-24(5-2)15-10-8-11-16-26-17-12-13-18-28(26)23-25(6-3)27-19-21-29(30)22-20-27/h4-9,11-23,25H,2-3,10,30H2,1H3/b7-4-,11-8+,14-9-,24-15+,26-16-,28-23-. The summed E-state index contributed by atoms with van der Waals surface area (Å²) in [6.07, 6.45) is 23.6. The maximum atomic E-state index is 5.82. The second-order valence-electron chi connectivity index (χ2n) is 6.85. The second-order valence-corrected chi connectivity index (χ2v) is 6.85. The number of anilines is 1. The first-order valence-corrected chi connectivity index (χ1v) is 10.2. The molecule has 0 amide bonds. The average Bonchev–Trinajstić information content (AvgIpc) is 2.77. The molecule has 2 rings (SSSR count). The molecule has 1 nitrogen and oxygen atoms in total. The Morgan fingerprint density at radius 3 is 2.37 bits per heavy atom. The maximum absolute atomic E-state index is 5.82. The van der Waals surface area contributed by atoms with Crippen LogP contribution in [0.4, 0.5) is 5.69 Å². The van der Waals surface area contributed by atoms with Crippen LogP contribution < -0.4 is 16.2 Å². The smallest absolute Gasteiger partial charge is 0.0314 e. The summed E-state index contributed by atoms with van der Waals surface area (Å²) in [5.74, 6) is 0.131. The Balaban J connectivity index is 2.23. The molecule has 1 heteroatoms. The quantitative estimate of drug-likeness (QED) is 0.316. The number of allylic oxidation sites excluding steroid dienone is 10. The number of nitrogen functional groups attached to an aromatic ring is 1. The van der Waals surface area contributed by atoms with Crippen LogP contribution in [0.5, 0.6) is 0 Å². The highest BCUT2D eigenvalue weighted by Crippen LogP contribution is 2.19. The lowest BCUT2D eigenvalue weighted by molar-refractivity contribution is 1.14. The Labute approximate surface area is 181 Å². The molecule has 0 heterocycles. The lowest BCUT2D eigenvalue weighted by Crippen LogP contribution is -2.24. The van der Waals surface area contributed by atoms with Crippen LogP contribution >= 0.6 is 0 Å². The molecule has 0 radical (unpaired) electrons. The molecule has 30 heavy (non-hydrogen) atoms. The Kier molecular flexibility index (Phi) is 9.68. The van der Waals surface area contributed by atoms with Gasteiger partial charge in [0.05, 0.1) is 0 Å². The van der Waals surface area contributed by atoms with Crippen LogP contribution in [0.3, 0.4) is 0 Å². The van der Waals surface area contributed by atoms with Gasteiger partial charge in [-0.2, -0.15) is 0 Å². The van der Waals surface area contributed by atoms with Crippen molar-refractivity contribution in [1.82, 2.24) is 0 Å². The van der Waals surface area contributed by atoms with Gasteiger partial charge in [-0.05, 0) is 47.1 Å². The van der Waals surface area contributed by atoms with Crippen molar-refractivity contribution in [3.8, 4) is 0 Å². The van der Waals surface area contributed by atoms with Crippen molar-refractivity contribution < 1.29 is 0 Å². The number of hydrogen-bond acceptors (Lipinski definition) is 1. The van der Waals surface area contributed by atoms with E-state index in [1.807, 2.05) is 49.4 Å². The van der Waals surface area contributed by atoms with E-state index in [1.165, 1.54) is 16.0 Å². The maximum Gasteiger partial charge on any atom is 0.0314 e. The highest BCUT2D eigenvalue weighted by Gasteiger charge is 2.03. The summed E-state index contributed by atoms with van der Waals surface area (Å²) in [5, 5.41) is 2.36. The third-order valence-corrected chi connectivity index (χ3v) is 4.66. The predicted octanol–water partition coefficient (Wildman–Crippen LogP) is 5.99. The molecular weight excluding hydrogens is 362 g/mol. The monoisotopic (exact) mass is 393 g/mol. The molecule has 2 N–H and O–H groups in total. The largest absolute Gasteiger partial charge is 0.399 e. The van der Waals surface area contributed by atoms with Crippen molar-refractivity contribution in [2.75, 3.05) is 5.73 Å². The van der Waals surface area contributed by atoms with Crippen LogP contribution in [0.2, 0.25) is 0 Å². The molecule has 2 aromatic rings. The van der Waals surface area contributed by atoms with Gasteiger partial charge in [0.2, 0.25) is 0 Å². The van der Waals surface area contributed by atoms with E-state index in [9.17, 15) is 0 Å². The van der Waals surface area contributed by atoms with Crippen molar-refractivity contribution >= 4 is 17.8 Å². The number of hydrogen-bond donors (Lipinski definition) is 1. The van der Waals surface area contributed by atoms with Crippen LogP contribution in [0.1, 0.15) is 24.8 Å². The fourth-order valence-corrected chi connectivity index (χ4v) is 2.98. The molecule has 0 aliphatic heterocycles. The molecule has 2 aromatic carbocycles. The van der Waals surface area contributed by atoms with E-state index in [0.29, 0.717) is 0 Å². The molecular formula is C29H31N. The van der Waals surface area contributed by atoms with E-state index in [2.05, 4.69) is 86.0 Å². The molecule has 1 atom stereocenters. The summed E-state index contributed by atoms with van der Waals surface area (Å²) in [4.78, 5) is 0. The van der Waals surface area contributed by atoms with Crippen LogP contribution in [-0.2, 0) is 0 Å². The molecule has 0 spiro atoms. The SMILES string of the molecule is C=CC(/C=C\C=C/C)=C\C/C=C/C=c1/cccc/c1=C/C(C=C)c1ccc(N)cc1. The summed E-state index contributed by atoms with van der Waals surface area (Å²) in [6.45, 7) is 9.88. The first kappa shape index (κ1) is 22.7. The Morgan fingerprint density at radius 1 is 0.967 bits per heavy atom. The second kappa shape index (κ2) is 12.8. The summed E-state index contributed by atoms with van der Waals surface area (Å²) in [7, 11) is 0. The minimum Gasteiger partial charge on any atom is -0.399 e. The normalized spacial score (nSPS) is 14.8. The van der Waals surface area contributed by atoms with Crippen LogP contribution in [0.25, 0.3) is 12.2 Å². The summed E-state index contributed by atoms with van der Waals surface area (Å²) >= 11 is 0. The molecule has 152 valence electrons. The Morgan fingerprint density at radius 2 is 1.70 bits per heavy atom. The van der Waals surface area contributed by atoms with Crippen LogP contribution in [0, 0.1) is 0 Å². The number of benzene rings is 2. The third-order valence-electron chi connectivity index (χ3n) is 4.66. The van der Waals surface area contributed by atoms with E-state index in [-0.39, 0.29) is 5.92 Å². The van der Waals surface area contributed by atoms with Gasteiger partial charge in [-0.3, -0.25) is 0 Å². The van der Waals surface area contributed by atoms with Gasteiger partial charge < -0.3 is 5.73 Å². The van der Waals surface area contributed by atoms with E-state index >= 15 is 0 Å². The van der Waals surface area contributed by atoms with Crippen molar-refractivity contribution in [3.63, 3.8) is 0 Å². The van der Waals surface area contributed by atoms with Gasteiger partial charge in [-0.1, -0.05) is 110 Å². The molecule has 1 unspecified atom stereocenters. The van der Waals surface area contributed by atoms with E-state index in [0.717, 1.165) is 17.7 Å². The molecule has 0 fully saturated rings. The zero-order valence-corrected chi connectivity index (χ0v) is 17.7. The minimum absolute atomic E-state index is 0.131. The molecule has 0 bridgehead atoms. The highest BCUT2D eigenvalue weighted by molar-refractivity contribution is 5.49. The van der Waals surface area contributed by atoms with E-state index in [4.69, 9.17) is 5.73 Å². The van der Waals surface area contributed by atoms with Crippen molar-refractivity contribution in [1.29, 1.82) is 0 Å². The fraction of sp³-hybridized carbons (Fsp3) is 0.103. The van der Waals surface area contributed by atoms with Gasteiger partial charge in [-0.25, -0.2) is 0 Å². The van der Waals surface area contributed by atoms with Crippen molar-refractivity contribution in [2.45, 2.75) is 19.3 Å². The highest BCUT2D eigenvalue weighted by atomic mass is 14.5. The van der Waals surface area contributed by atoms with Gasteiger partial charge >= 0.3 is 0 Å². The molecule has 0 aliphatic carbocycles. The summed E-state index contributed by atoms with van der Waals surface area (Å²) in [6, 6.07) is 16.4. The van der Waals surface area contributed by atoms with Crippen molar-refractivity contribution in [2.24, 2.45) is 0 Å². The van der Waals surface area contributed by atoms with Gasteiger partial charge in [0, 0.05) is 11.6 Å². The van der Waals surface area contributed by atoms with Gasteiger partial charge in [0.15, 0.2) is 0 Å². The predicted molar refractivity (Wildman–Crippen MR) is 134 cm³/mol. The van der Waals surface area contributed by atoms with Gasteiger partial charge in [0.1, 0.15) is 0 Å². The molecule has 0 aromatic heterocycles. The van der Waals surface area contributed by atoms with E-state index < -0.39 is 0 Å². The lowest BCUT2D eigenvalue weighted by Gasteiger charge is -2.08. The molecule has 0 aliphatic rings. The molecule has 0 saturated heterocycles.